The van der Waals surface area contributed by atoms with Crippen LogP contribution in [-0.2, 0) is 0 Å². The van der Waals surface area contributed by atoms with Crippen LogP contribution in [0.5, 0.6) is 0 Å². The summed E-state index contributed by atoms with van der Waals surface area (Å²) in [6.07, 6.45) is 2.21. The average Bonchev–Trinajstić information content (AvgIpc) is 1.80. The zero-order valence-corrected chi connectivity index (χ0v) is 7.97. The molecule has 0 aromatic rings. The number of aliphatic hydroxyl groups is 1. The molecule has 0 heterocycles. The molecule has 56 valence electrons. The molecular weight excluding hydrogens is 179 g/mol. The van der Waals surface area contributed by atoms with Gasteiger partial charge in [-0.1, -0.05) is 0 Å². The predicted molar refractivity (Wildman–Crippen MR) is 42.0 cm³/mol. The molecule has 1 N–H and O–H groups in total. The van der Waals surface area contributed by atoms with Crippen molar-refractivity contribution in [3.05, 3.63) is 0 Å². The maximum absolute atomic E-state index is 8.44. The van der Waals surface area contributed by atoms with Gasteiger partial charge in [0.25, 0.3) is 0 Å². The van der Waals surface area contributed by atoms with Crippen molar-refractivity contribution in [2.75, 3.05) is 6.61 Å². The Hall–Kier alpha value is 0.479. The van der Waals surface area contributed by atoms with Gasteiger partial charge in [-0.25, -0.2) is 0 Å². The van der Waals surface area contributed by atoms with E-state index in [-0.39, 0.29) is 0 Å². The molecule has 0 fully saturated rings. The second-order valence-electron chi connectivity index (χ2n) is 2.35. The summed E-state index contributed by atoms with van der Waals surface area (Å²) in [5.74, 6) is 0. The third-order valence-electron chi connectivity index (χ3n) is 1.00. The molecule has 0 spiro atoms. The van der Waals surface area contributed by atoms with Gasteiger partial charge in [0.2, 0.25) is 0 Å². The standard InChI is InChI=1S/C7H16OSe/c1-7(2)9-6-4-3-5-8/h7-8H,3-6H2,1-2H3. The molecule has 2 heteroatoms. The minimum absolute atomic E-state index is 0.369. The van der Waals surface area contributed by atoms with Crippen molar-refractivity contribution >= 4 is 15.0 Å². The van der Waals surface area contributed by atoms with Crippen molar-refractivity contribution in [3.8, 4) is 0 Å². The van der Waals surface area contributed by atoms with E-state index < -0.39 is 0 Å². The van der Waals surface area contributed by atoms with Crippen LogP contribution in [-0.4, -0.2) is 26.7 Å². The molecule has 0 aliphatic rings. The minimum atomic E-state index is 0.369. The fraction of sp³-hybridized carbons (Fsp3) is 1.00. The number of hydrogen-bond donors (Lipinski definition) is 1. The van der Waals surface area contributed by atoms with Gasteiger partial charge < -0.3 is 0 Å². The first-order chi connectivity index (χ1) is 4.27. The van der Waals surface area contributed by atoms with E-state index in [1.54, 1.807) is 0 Å². The van der Waals surface area contributed by atoms with Crippen molar-refractivity contribution in [1.82, 2.24) is 0 Å². The first-order valence-corrected chi connectivity index (χ1v) is 5.70. The van der Waals surface area contributed by atoms with E-state index in [0.29, 0.717) is 6.61 Å². The van der Waals surface area contributed by atoms with Crippen LogP contribution in [0, 0.1) is 0 Å². The Labute approximate surface area is 64.0 Å². The molecule has 0 aromatic carbocycles. The summed E-state index contributed by atoms with van der Waals surface area (Å²) >= 11 is 0.815. The quantitative estimate of drug-likeness (QED) is 0.523. The van der Waals surface area contributed by atoms with E-state index in [9.17, 15) is 0 Å². The van der Waals surface area contributed by atoms with E-state index >= 15 is 0 Å². The van der Waals surface area contributed by atoms with Crippen LogP contribution < -0.4 is 0 Å². The SMILES string of the molecule is CC(C)[Se]CCCCO. The van der Waals surface area contributed by atoms with Gasteiger partial charge in [-0.15, -0.1) is 0 Å². The normalized spacial score (nSPS) is 10.7. The van der Waals surface area contributed by atoms with Crippen molar-refractivity contribution in [1.29, 1.82) is 0 Å². The summed E-state index contributed by atoms with van der Waals surface area (Å²) < 4.78 is 0. The van der Waals surface area contributed by atoms with Gasteiger partial charge in [0, 0.05) is 0 Å². The topological polar surface area (TPSA) is 20.2 Å². The van der Waals surface area contributed by atoms with Gasteiger partial charge in [0.05, 0.1) is 0 Å². The van der Waals surface area contributed by atoms with E-state index in [4.69, 9.17) is 5.11 Å². The van der Waals surface area contributed by atoms with E-state index in [2.05, 4.69) is 13.8 Å². The number of aliphatic hydroxyl groups excluding tert-OH is 1. The summed E-state index contributed by atoms with van der Waals surface area (Å²) in [5.41, 5.74) is 0. The second kappa shape index (κ2) is 6.60. The van der Waals surface area contributed by atoms with Crippen molar-refractivity contribution in [3.63, 3.8) is 0 Å². The molecule has 0 unspecified atom stereocenters. The molecule has 0 aliphatic heterocycles. The molecule has 0 bridgehead atoms. The third kappa shape index (κ3) is 8.48. The fourth-order valence-electron chi connectivity index (χ4n) is 0.533. The predicted octanol–water partition coefficient (Wildman–Crippen LogP) is 1.71. The Bertz CT molecular complexity index is 54.9. The van der Waals surface area contributed by atoms with E-state index in [0.717, 1.165) is 26.2 Å². The molecule has 1 nitrogen and oxygen atoms in total. The van der Waals surface area contributed by atoms with Gasteiger partial charge in [0.1, 0.15) is 0 Å². The molecule has 0 aliphatic carbocycles. The zero-order valence-electron chi connectivity index (χ0n) is 6.26. The summed E-state index contributed by atoms with van der Waals surface area (Å²) in [5, 5.41) is 9.78. The van der Waals surface area contributed by atoms with Crippen LogP contribution in [0.4, 0.5) is 0 Å². The molecule has 0 atom stereocenters. The van der Waals surface area contributed by atoms with Crippen LogP contribution in [0.2, 0.25) is 10.1 Å². The molecule has 0 amide bonds. The van der Waals surface area contributed by atoms with Gasteiger partial charge in [-0.3, -0.25) is 0 Å². The summed E-state index contributed by atoms with van der Waals surface area (Å²) in [7, 11) is 0. The van der Waals surface area contributed by atoms with Crippen LogP contribution >= 0.6 is 0 Å². The molecule has 0 aromatic heterocycles. The van der Waals surface area contributed by atoms with Crippen molar-refractivity contribution in [2.45, 2.75) is 36.8 Å². The number of hydrogen-bond acceptors (Lipinski definition) is 1. The number of rotatable bonds is 5. The molecule has 9 heavy (non-hydrogen) atoms. The van der Waals surface area contributed by atoms with Gasteiger partial charge in [0.15, 0.2) is 0 Å². The molecule has 0 radical (unpaired) electrons. The van der Waals surface area contributed by atoms with Gasteiger partial charge in [-0.2, -0.15) is 0 Å². The first-order valence-electron chi connectivity index (χ1n) is 3.50. The Balaban J connectivity index is 2.75. The Morgan fingerprint density at radius 2 is 2.00 bits per heavy atom. The van der Waals surface area contributed by atoms with Crippen LogP contribution in [0.15, 0.2) is 0 Å². The van der Waals surface area contributed by atoms with E-state index in [1.165, 1.54) is 11.7 Å². The number of unbranched alkanes of at least 4 members (excludes halogenated alkanes) is 1. The summed E-state index contributed by atoms with van der Waals surface area (Å²) in [4.78, 5) is 0.885. The molecule has 0 rings (SSSR count). The van der Waals surface area contributed by atoms with Crippen LogP contribution in [0.25, 0.3) is 0 Å². The average molecular weight is 195 g/mol. The first kappa shape index (κ1) is 9.48. The second-order valence-corrected chi connectivity index (χ2v) is 5.88. The monoisotopic (exact) mass is 196 g/mol. The van der Waals surface area contributed by atoms with E-state index in [1.807, 2.05) is 0 Å². The maximum atomic E-state index is 8.44. The third-order valence-corrected chi connectivity index (χ3v) is 3.50. The molecule has 0 saturated heterocycles. The van der Waals surface area contributed by atoms with Crippen molar-refractivity contribution < 1.29 is 5.11 Å². The Morgan fingerprint density at radius 3 is 2.44 bits per heavy atom. The molecular formula is C7H16OSe. The zero-order chi connectivity index (χ0) is 7.11. The van der Waals surface area contributed by atoms with Gasteiger partial charge in [-0.05, 0) is 0 Å². The Kier molecular flexibility index (Phi) is 6.95. The van der Waals surface area contributed by atoms with Crippen LogP contribution in [0.1, 0.15) is 26.7 Å². The fourth-order valence-corrected chi connectivity index (χ4v) is 2.30. The van der Waals surface area contributed by atoms with Crippen molar-refractivity contribution in [2.24, 2.45) is 0 Å². The molecule has 0 saturated carbocycles. The van der Waals surface area contributed by atoms with Gasteiger partial charge >= 0.3 is 63.5 Å². The summed E-state index contributed by atoms with van der Waals surface area (Å²) in [6.45, 7) is 4.89. The summed E-state index contributed by atoms with van der Waals surface area (Å²) in [6, 6.07) is 0. The Morgan fingerprint density at radius 1 is 1.33 bits per heavy atom. The van der Waals surface area contributed by atoms with Crippen LogP contribution in [0.3, 0.4) is 0 Å².